The van der Waals surface area contributed by atoms with Crippen molar-refractivity contribution >= 4 is 45.9 Å². The number of aryl methyl sites for hydroxylation is 2. The number of carbonyl (C=O) groups excluding carboxylic acids is 1. The molecule has 0 spiro atoms. The van der Waals surface area contributed by atoms with E-state index in [0.717, 1.165) is 28.7 Å². The standard InChI is InChI=1S/C25H27N3OS/c1-16(2)14-27-15-19(21-8-6-7-9-22(21)27)13-23-24(29)28(25(30)26(23)5)20-11-10-17(3)18(4)12-20/h6-13,15-16H,14H2,1-5H3/b23-13-. The highest BCUT2D eigenvalue weighted by Gasteiger charge is 2.37. The van der Waals surface area contributed by atoms with Gasteiger partial charge in [-0.05, 0) is 67.4 Å². The van der Waals surface area contributed by atoms with Crippen LogP contribution < -0.4 is 4.90 Å². The van der Waals surface area contributed by atoms with E-state index < -0.39 is 0 Å². The number of carbonyl (C=O) groups is 1. The highest BCUT2D eigenvalue weighted by atomic mass is 32.1. The van der Waals surface area contributed by atoms with Gasteiger partial charge in [0, 0.05) is 36.3 Å². The van der Waals surface area contributed by atoms with E-state index in [4.69, 9.17) is 12.2 Å². The van der Waals surface area contributed by atoms with E-state index in [1.54, 1.807) is 9.80 Å². The van der Waals surface area contributed by atoms with Crippen molar-refractivity contribution in [3.8, 4) is 0 Å². The maximum Gasteiger partial charge on any atom is 0.281 e. The molecule has 1 aromatic heterocycles. The van der Waals surface area contributed by atoms with Crippen LogP contribution in [0.4, 0.5) is 5.69 Å². The topological polar surface area (TPSA) is 28.5 Å². The Kier molecular flexibility index (Phi) is 5.24. The summed E-state index contributed by atoms with van der Waals surface area (Å²) < 4.78 is 2.27. The largest absolute Gasteiger partial charge is 0.347 e. The maximum absolute atomic E-state index is 13.4. The number of thiocarbonyl (C=S) groups is 1. The minimum atomic E-state index is -0.0913. The predicted molar refractivity (Wildman–Crippen MR) is 129 cm³/mol. The highest BCUT2D eigenvalue weighted by molar-refractivity contribution is 7.80. The molecule has 2 aromatic carbocycles. The third-order valence-electron chi connectivity index (χ3n) is 5.68. The molecular formula is C25H27N3OS. The van der Waals surface area contributed by atoms with E-state index in [1.807, 2.05) is 44.3 Å². The molecular weight excluding hydrogens is 390 g/mol. The van der Waals surface area contributed by atoms with Crippen molar-refractivity contribution in [3.63, 3.8) is 0 Å². The molecule has 1 fully saturated rings. The smallest absolute Gasteiger partial charge is 0.281 e. The third-order valence-corrected chi connectivity index (χ3v) is 6.14. The van der Waals surface area contributed by atoms with Crippen LogP contribution in [0.5, 0.6) is 0 Å². The number of anilines is 1. The number of nitrogens with zero attached hydrogens (tertiary/aromatic N) is 3. The molecule has 4 nitrogen and oxygen atoms in total. The zero-order chi connectivity index (χ0) is 21.6. The molecule has 1 aliphatic rings. The van der Waals surface area contributed by atoms with Crippen LogP contribution >= 0.6 is 12.2 Å². The Morgan fingerprint density at radius 1 is 1.07 bits per heavy atom. The van der Waals surface area contributed by atoms with Crippen LogP contribution in [0.3, 0.4) is 0 Å². The summed E-state index contributed by atoms with van der Waals surface area (Å²) in [5.74, 6) is 0.441. The molecule has 0 aliphatic carbocycles. The molecule has 1 aliphatic heterocycles. The van der Waals surface area contributed by atoms with Gasteiger partial charge < -0.3 is 9.47 Å². The lowest BCUT2D eigenvalue weighted by Gasteiger charge is -2.17. The van der Waals surface area contributed by atoms with Crippen LogP contribution in [0.15, 0.2) is 54.4 Å². The fourth-order valence-electron chi connectivity index (χ4n) is 3.93. The van der Waals surface area contributed by atoms with Gasteiger partial charge in [0.05, 0.1) is 5.69 Å². The second kappa shape index (κ2) is 7.73. The van der Waals surface area contributed by atoms with Crippen molar-refractivity contribution < 1.29 is 4.79 Å². The molecule has 5 heteroatoms. The van der Waals surface area contributed by atoms with Crippen molar-refractivity contribution in [2.45, 2.75) is 34.2 Å². The molecule has 0 unspecified atom stereocenters. The summed E-state index contributed by atoms with van der Waals surface area (Å²) in [4.78, 5) is 16.8. The van der Waals surface area contributed by atoms with E-state index in [9.17, 15) is 4.79 Å². The number of likely N-dealkylation sites (N-methyl/N-ethyl adjacent to an activating group) is 1. The quantitative estimate of drug-likeness (QED) is 0.413. The van der Waals surface area contributed by atoms with Crippen LogP contribution in [0.1, 0.15) is 30.5 Å². The summed E-state index contributed by atoms with van der Waals surface area (Å²) in [6, 6.07) is 14.3. The Balaban J connectivity index is 1.78. The van der Waals surface area contributed by atoms with Gasteiger partial charge in [0.15, 0.2) is 5.11 Å². The van der Waals surface area contributed by atoms with Gasteiger partial charge in [-0.3, -0.25) is 9.69 Å². The number of amides is 1. The third kappa shape index (κ3) is 3.43. The molecule has 0 saturated carbocycles. The molecule has 3 aromatic rings. The van der Waals surface area contributed by atoms with Gasteiger partial charge in [0.1, 0.15) is 5.70 Å². The van der Waals surface area contributed by atoms with E-state index in [0.29, 0.717) is 16.7 Å². The Morgan fingerprint density at radius 3 is 2.50 bits per heavy atom. The summed E-state index contributed by atoms with van der Waals surface area (Å²) >= 11 is 5.63. The van der Waals surface area contributed by atoms with Crippen LogP contribution in [0.2, 0.25) is 0 Å². The second-order valence-electron chi connectivity index (χ2n) is 8.43. The maximum atomic E-state index is 13.4. The van der Waals surface area contributed by atoms with E-state index in [2.05, 4.69) is 49.7 Å². The van der Waals surface area contributed by atoms with Gasteiger partial charge >= 0.3 is 0 Å². The lowest BCUT2D eigenvalue weighted by atomic mass is 10.1. The van der Waals surface area contributed by atoms with Gasteiger partial charge in [-0.15, -0.1) is 0 Å². The first-order valence-corrected chi connectivity index (χ1v) is 10.7. The summed E-state index contributed by atoms with van der Waals surface area (Å²) in [6.07, 6.45) is 4.11. The summed E-state index contributed by atoms with van der Waals surface area (Å²) in [6.45, 7) is 9.46. The van der Waals surface area contributed by atoms with Gasteiger partial charge in [-0.1, -0.05) is 38.1 Å². The molecule has 2 heterocycles. The SMILES string of the molecule is Cc1ccc(N2C(=O)/C(=C/c3cn(CC(C)C)c4ccccc34)N(C)C2=S)cc1C. The normalized spacial score (nSPS) is 16.0. The summed E-state index contributed by atoms with van der Waals surface area (Å²) in [5, 5.41) is 1.64. The highest BCUT2D eigenvalue weighted by Crippen LogP contribution is 2.31. The molecule has 154 valence electrons. The number of para-hydroxylation sites is 1. The van der Waals surface area contributed by atoms with Gasteiger partial charge in [0.25, 0.3) is 5.91 Å². The molecule has 0 atom stereocenters. The van der Waals surface area contributed by atoms with E-state index in [-0.39, 0.29) is 5.91 Å². The van der Waals surface area contributed by atoms with Crippen molar-refractivity contribution in [2.24, 2.45) is 5.92 Å². The summed E-state index contributed by atoms with van der Waals surface area (Å²) in [7, 11) is 1.86. The second-order valence-corrected chi connectivity index (χ2v) is 8.79. The first kappa shape index (κ1) is 20.4. The van der Waals surface area contributed by atoms with Gasteiger partial charge in [0.2, 0.25) is 0 Å². The minimum Gasteiger partial charge on any atom is -0.347 e. The number of hydrogen-bond donors (Lipinski definition) is 0. The Bertz CT molecular complexity index is 1190. The fraction of sp³-hybridized carbons (Fsp3) is 0.280. The molecule has 0 N–H and O–H groups in total. The molecule has 0 bridgehead atoms. The zero-order valence-corrected chi connectivity index (χ0v) is 19.0. The van der Waals surface area contributed by atoms with Gasteiger partial charge in [-0.25, -0.2) is 0 Å². The number of aromatic nitrogens is 1. The molecule has 1 amide bonds. The lowest BCUT2D eigenvalue weighted by Crippen LogP contribution is -2.31. The predicted octanol–water partition coefficient (Wildman–Crippen LogP) is 5.52. The van der Waals surface area contributed by atoms with E-state index >= 15 is 0 Å². The van der Waals surface area contributed by atoms with Crippen LogP contribution in [0.25, 0.3) is 17.0 Å². The minimum absolute atomic E-state index is 0.0913. The van der Waals surface area contributed by atoms with E-state index in [1.165, 1.54) is 11.1 Å². The Morgan fingerprint density at radius 2 is 1.80 bits per heavy atom. The van der Waals surface area contributed by atoms with Crippen molar-refractivity contribution in [1.29, 1.82) is 0 Å². The average molecular weight is 418 g/mol. The van der Waals surface area contributed by atoms with Crippen molar-refractivity contribution in [3.05, 3.63) is 71.0 Å². The molecule has 1 saturated heterocycles. The lowest BCUT2D eigenvalue weighted by molar-refractivity contribution is -0.114. The van der Waals surface area contributed by atoms with Crippen molar-refractivity contribution in [1.82, 2.24) is 9.47 Å². The monoisotopic (exact) mass is 417 g/mol. The fourth-order valence-corrected chi connectivity index (χ4v) is 4.22. The first-order valence-electron chi connectivity index (χ1n) is 10.3. The zero-order valence-electron chi connectivity index (χ0n) is 18.1. The van der Waals surface area contributed by atoms with Crippen molar-refractivity contribution in [2.75, 3.05) is 11.9 Å². The molecule has 0 radical (unpaired) electrons. The number of rotatable bonds is 4. The van der Waals surface area contributed by atoms with Crippen LogP contribution in [-0.4, -0.2) is 27.5 Å². The number of benzene rings is 2. The number of fused-ring (bicyclic) bond motifs is 1. The Hall–Kier alpha value is -2.92. The summed E-state index contributed by atoms with van der Waals surface area (Å²) in [5.41, 5.74) is 5.94. The van der Waals surface area contributed by atoms with Crippen LogP contribution in [0, 0.1) is 19.8 Å². The Labute approximate surface area is 183 Å². The van der Waals surface area contributed by atoms with Gasteiger partial charge in [-0.2, -0.15) is 0 Å². The average Bonchev–Trinajstić information content (AvgIpc) is 3.14. The van der Waals surface area contributed by atoms with Crippen LogP contribution in [-0.2, 0) is 11.3 Å². The molecule has 4 rings (SSSR count). The molecule has 30 heavy (non-hydrogen) atoms. The number of hydrogen-bond acceptors (Lipinski definition) is 2. The first-order chi connectivity index (χ1) is 14.3.